The molecule has 2 aromatic carbocycles. The van der Waals surface area contributed by atoms with Gasteiger partial charge in [0.2, 0.25) is 5.78 Å². The van der Waals surface area contributed by atoms with Crippen LogP contribution in [0.15, 0.2) is 60.8 Å². The SMILES string of the molecule is Cc1cccc(C(=O)c2cc3ccccc3c3nc(C)cn23)c1. The molecule has 4 aromatic rings. The first-order valence-corrected chi connectivity index (χ1v) is 7.62. The number of aromatic nitrogens is 2. The van der Waals surface area contributed by atoms with Crippen LogP contribution < -0.4 is 0 Å². The molecule has 0 aliphatic heterocycles. The molecule has 3 nitrogen and oxygen atoms in total. The largest absolute Gasteiger partial charge is 0.296 e. The maximum atomic E-state index is 13.0. The van der Waals surface area contributed by atoms with Crippen LogP contribution in [0.4, 0.5) is 0 Å². The second-order valence-corrected chi connectivity index (χ2v) is 5.89. The number of nitrogens with zero attached hydrogens (tertiary/aromatic N) is 2. The number of fused-ring (bicyclic) bond motifs is 3. The van der Waals surface area contributed by atoms with Crippen molar-refractivity contribution < 1.29 is 4.79 Å². The lowest BCUT2D eigenvalue weighted by molar-refractivity contribution is 0.103. The Bertz CT molecular complexity index is 1060. The summed E-state index contributed by atoms with van der Waals surface area (Å²) >= 11 is 0. The number of carbonyl (C=O) groups excluding carboxylic acids is 1. The van der Waals surface area contributed by atoms with E-state index in [0.29, 0.717) is 11.3 Å². The van der Waals surface area contributed by atoms with E-state index in [1.54, 1.807) is 0 Å². The monoisotopic (exact) mass is 300 g/mol. The lowest BCUT2D eigenvalue weighted by Gasteiger charge is -2.08. The molecule has 0 saturated heterocycles. The summed E-state index contributed by atoms with van der Waals surface area (Å²) in [5, 5.41) is 2.09. The Morgan fingerprint density at radius 3 is 2.65 bits per heavy atom. The molecule has 0 saturated carbocycles. The van der Waals surface area contributed by atoms with E-state index < -0.39 is 0 Å². The second-order valence-electron chi connectivity index (χ2n) is 5.89. The van der Waals surface area contributed by atoms with Crippen molar-refractivity contribution in [3.8, 4) is 0 Å². The van der Waals surface area contributed by atoms with Crippen LogP contribution in [0.1, 0.15) is 27.3 Å². The molecule has 0 N–H and O–H groups in total. The minimum absolute atomic E-state index is 0.0156. The van der Waals surface area contributed by atoms with Crippen molar-refractivity contribution in [2.75, 3.05) is 0 Å². The minimum Gasteiger partial charge on any atom is -0.296 e. The van der Waals surface area contributed by atoms with Crippen LogP contribution in [-0.2, 0) is 0 Å². The smallest absolute Gasteiger partial charge is 0.209 e. The van der Waals surface area contributed by atoms with Gasteiger partial charge in [-0.3, -0.25) is 9.20 Å². The average molecular weight is 300 g/mol. The molecular formula is C20H16N2O. The van der Waals surface area contributed by atoms with E-state index in [0.717, 1.165) is 27.7 Å². The highest BCUT2D eigenvalue weighted by atomic mass is 16.1. The van der Waals surface area contributed by atoms with Crippen molar-refractivity contribution in [1.29, 1.82) is 0 Å². The molecule has 0 aliphatic rings. The third-order valence-electron chi connectivity index (χ3n) is 4.09. The van der Waals surface area contributed by atoms with Crippen LogP contribution in [0, 0.1) is 13.8 Å². The van der Waals surface area contributed by atoms with Gasteiger partial charge in [0.15, 0.2) is 0 Å². The first kappa shape index (κ1) is 13.7. The highest BCUT2D eigenvalue weighted by Gasteiger charge is 2.16. The maximum Gasteiger partial charge on any atom is 0.209 e. The molecule has 0 amide bonds. The highest BCUT2D eigenvalue weighted by Crippen LogP contribution is 2.24. The third-order valence-corrected chi connectivity index (χ3v) is 4.09. The predicted octanol–water partition coefficient (Wildman–Crippen LogP) is 4.34. The minimum atomic E-state index is 0.0156. The Morgan fingerprint density at radius 1 is 1.00 bits per heavy atom. The molecule has 23 heavy (non-hydrogen) atoms. The summed E-state index contributed by atoms with van der Waals surface area (Å²) in [6, 6.07) is 17.7. The molecular weight excluding hydrogens is 284 g/mol. The second kappa shape index (κ2) is 5.06. The van der Waals surface area contributed by atoms with Crippen molar-refractivity contribution >= 4 is 22.2 Å². The summed E-state index contributed by atoms with van der Waals surface area (Å²) in [7, 11) is 0. The molecule has 3 heteroatoms. The lowest BCUT2D eigenvalue weighted by atomic mass is 10.0. The molecule has 0 atom stereocenters. The van der Waals surface area contributed by atoms with Gasteiger partial charge in [0.05, 0.1) is 11.4 Å². The van der Waals surface area contributed by atoms with Gasteiger partial charge in [-0.05, 0) is 31.4 Å². The number of carbonyl (C=O) groups is 1. The quantitative estimate of drug-likeness (QED) is 0.516. The van der Waals surface area contributed by atoms with Gasteiger partial charge >= 0.3 is 0 Å². The third kappa shape index (κ3) is 2.21. The van der Waals surface area contributed by atoms with E-state index in [1.165, 1.54) is 0 Å². The Morgan fingerprint density at radius 2 is 1.83 bits per heavy atom. The summed E-state index contributed by atoms with van der Waals surface area (Å²) in [5.41, 5.74) is 4.16. The fourth-order valence-electron chi connectivity index (χ4n) is 3.02. The number of hydrogen-bond donors (Lipinski definition) is 0. The van der Waals surface area contributed by atoms with Crippen molar-refractivity contribution in [2.24, 2.45) is 0 Å². The van der Waals surface area contributed by atoms with Gasteiger partial charge in [-0.2, -0.15) is 0 Å². The molecule has 112 valence electrons. The highest BCUT2D eigenvalue weighted by molar-refractivity contribution is 6.11. The number of rotatable bonds is 2. The Labute approximate surface area is 134 Å². The summed E-state index contributed by atoms with van der Waals surface area (Å²) in [5.74, 6) is 0.0156. The van der Waals surface area contributed by atoms with Crippen LogP contribution in [0.3, 0.4) is 0 Å². The molecule has 0 spiro atoms. The van der Waals surface area contributed by atoms with Gasteiger partial charge in [-0.1, -0.05) is 48.0 Å². The molecule has 0 unspecified atom stereocenters. The van der Waals surface area contributed by atoms with Gasteiger partial charge in [0, 0.05) is 17.1 Å². The molecule has 4 rings (SSSR count). The Balaban J connectivity index is 2.03. The van der Waals surface area contributed by atoms with E-state index in [4.69, 9.17) is 0 Å². The zero-order chi connectivity index (χ0) is 16.0. The molecule has 0 bridgehead atoms. The topological polar surface area (TPSA) is 34.4 Å². The van der Waals surface area contributed by atoms with E-state index in [9.17, 15) is 4.79 Å². The fourth-order valence-corrected chi connectivity index (χ4v) is 3.02. The van der Waals surface area contributed by atoms with Gasteiger partial charge < -0.3 is 0 Å². The number of ketones is 1. The molecule has 0 radical (unpaired) electrons. The summed E-state index contributed by atoms with van der Waals surface area (Å²) in [4.78, 5) is 17.6. The maximum absolute atomic E-state index is 13.0. The first-order valence-electron chi connectivity index (χ1n) is 7.62. The Kier molecular flexibility index (Phi) is 3.01. The van der Waals surface area contributed by atoms with Crippen LogP contribution in [-0.4, -0.2) is 15.2 Å². The number of benzene rings is 2. The zero-order valence-electron chi connectivity index (χ0n) is 13.1. The number of aryl methyl sites for hydroxylation is 2. The van der Waals surface area contributed by atoms with Gasteiger partial charge in [-0.25, -0.2) is 4.98 Å². The van der Waals surface area contributed by atoms with E-state index in [2.05, 4.69) is 4.98 Å². The average Bonchev–Trinajstić information content (AvgIpc) is 2.95. The van der Waals surface area contributed by atoms with Crippen molar-refractivity contribution in [2.45, 2.75) is 13.8 Å². The zero-order valence-corrected chi connectivity index (χ0v) is 13.1. The number of imidazole rings is 1. The van der Waals surface area contributed by atoms with E-state index >= 15 is 0 Å². The van der Waals surface area contributed by atoms with Crippen molar-refractivity contribution in [3.05, 3.63) is 83.3 Å². The fraction of sp³-hybridized carbons (Fsp3) is 0.100. The standard InChI is InChI=1S/C20H16N2O/c1-13-6-5-8-16(10-13)19(23)18-11-15-7-3-4-9-17(15)20-21-14(2)12-22(18)20/h3-12H,1-2H3. The van der Waals surface area contributed by atoms with Gasteiger partial charge in [-0.15, -0.1) is 0 Å². The number of hydrogen-bond acceptors (Lipinski definition) is 2. The predicted molar refractivity (Wildman–Crippen MR) is 92.0 cm³/mol. The Hall–Kier alpha value is -2.94. The normalized spacial score (nSPS) is 11.2. The van der Waals surface area contributed by atoms with E-state index in [1.807, 2.05) is 79.0 Å². The van der Waals surface area contributed by atoms with Crippen LogP contribution >= 0.6 is 0 Å². The summed E-state index contributed by atoms with van der Waals surface area (Å²) in [6.45, 7) is 3.94. The van der Waals surface area contributed by atoms with Crippen molar-refractivity contribution in [3.63, 3.8) is 0 Å². The van der Waals surface area contributed by atoms with Crippen molar-refractivity contribution in [1.82, 2.24) is 9.38 Å². The first-order chi connectivity index (χ1) is 11.1. The lowest BCUT2D eigenvalue weighted by Crippen LogP contribution is -2.08. The molecule has 0 aliphatic carbocycles. The summed E-state index contributed by atoms with van der Waals surface area (Å²) in [6.07, 6.45) is 1.92. The van der Waals surface area contributed by atoms with Crippen LogP contribution in [0.2, 0.25) is 0 Å². The van der Waals surface area contributed by atoms with Crippen LogP contribution in [0.5, 0.6) is 0 Å². The van der Waals surface area contributed by atoms with Crippen LogP contribution in [0.25, 0.3) is 16.4 Å². The van der Waals surface area contributed by atoms with E-state index in [-0.39, 0.29) is 5.78 Å². The van der Waals surface area contributed by atoms with Gasteiger partial charge in [0.1, 0.15) is 5.65 Å². The van der Waals surface area contributed by atoms with Gasteiger partial charge in [0.25, 0.3) is 0 Å². The number of pyridine rings is 1. The molecule has 2 heterocycles. The molecule has 2 aromatic heterocycles. The molecule has 0 fully saturated rings. The summed E-state index contributed by atoms with van der Waals surface area (Å²) < 4.78 is 1.91.